The minimum absolute atomic E-state index is 0.696. The van der Waals surface area contributed by atoms with Crippen molar-refractivity contribution in [2.45, 2.75) is 0 Å². The highest BCUT2D eigenvalue weighted by atomic mass is 16.3. The zero-order valence-corrected chi connectivity index (χ0v) is 25.5. The molecule has 7 aromatic carbocycles. The maximum Gasteiger partial charge on any atom is 0.160 e. The molecule has 2 aromatic heterocycles. The first-order valence-corrected chi connectivity index (χ1v) is 15.8. The molecule has 0 amide bonds. The molecule has 0 aliphatic rings. The van der Waals surface area contributed by atoms with Crippen LogP contribution in [0.1, 0.15) is 0 Å². The lowest BCUT2D eigenvalue weighted by molar-refractivity contribution is 0.669. The molecule has 3 heteroatoms. The van der Waals surface area contributed by atoms with E-state index >= 15 is 0 Å². The van der Waals surface area contributed by atoms with Crippen molar-refractivity contribution >= 4 is 32.7 Å². The molecule has 0 N–H and O–H groups in total. The summed E-state index contributed by atoms with van der Waals surface area (Å²) in [6.07, 6.45) is 0. The van der Waals surface area contributed by atoms with Crippen LogP contribution in [-0.4, -0.2) is 9.97 Å². The van der Waals surface area contributed by atoms with Crippen LogP contribution in [0.4, 0.5) is 0 Å². The molecule has 9 aromatic rings. The topological polar surface area (TPSA) is 38.9 Å². The van der Waals surface area contributed by atoms with Gasteiger partial charge in [0, 0.05) is 27.5 Å². The Kier molecular flexibility index (Phi) is 6.46. The molecular formula is C44H28N2O. The van der Waals surface area contributed by atoms with Gasteiger partial charge in [-0.25, -0.2) is 9.97 Å². The maximum absolute atomic E-state index is 6.31. The fraction of sp³-hybridized carbons (Fsp3) is 0. The summed E-state index contributed by atoms with van der Waals surface area (Å²) < 4.78 is 6.31. The van der Waals surface area contributed by atoms with Gasteiger partial charge in [0.2, 0.25) is 0 Å². The SMILES string of the molecule is c1ccc(-c2cc(-c3cc(-c4cccc5ccccc45)cc(-c4cccc5oc6ccccc6c45)c3)nc(-c3ccccc3)n2)cc1. The van der Waals surface area contributed by atoms with Crippen molar-refractivity contribution in [2.24, 2.45) is 0 Å². The fourth-order valence-electron chi connectivity index (χ4n) is 6.65. The number of aromatic nitrogens is 2. The lowest BCUT2D eigenvalue weighted by atomic mass is 9.91. The third-order valence-corrected chi connectivity index (χ3v) is 8.87. The number of furan rings is 1. The summed E-state index contributed by atoms with van der Waals surface area (Å²) >= 11 is 0. The van der Waals surface area contributed by atoms with Gasteiger partial charge in [0.25, 0.3) is 0 Å². The van der Waals surface area contributed by atoms with Gasteiger partial charge in [0.1, 0.15) is 11.2 Å². The molecule has 0 unspecified atom stereocenters. The minimum atomic E-state index is 0.696. The second-order valence-corrected chi connectivity index (χ2v) is 11.8. The quantitative estimate of drug-likeness (QED) is 0.197. The predicted molar refractivity (Wildman–Crippen MR) is 194 cm³/mol. The number of hydrogen-bond acceptors (Lipinski definition) is 3. The van der Waals surface area contributed by atoms with Crippen molar-refractivity contribution in [3.05, 3.63) is 170 Å². The van der Waals surface area contributed by atoms with Crippen LogP contribution in [-0.2, 0) is 0 Å². The van der Waals surface area contributed by atoms with E-state index in [9.17, 15) is 0 Å². The van der Waals surface area contributed by atoms with Crippen molar-refractivity contribution in [2.75, 3.05) is 0 Å². The Balaban J connectivity index is 1.34. The standard InChI is InChI=1S/C44H28N2O/c1-3-14-30(15-4-1)39-28-40(46-44(45-39)31-16-5-2-6-17-31)34-26-32(36-21-11-18-29-13-7-8-19-35(29)36)25-33(27-34)37-22-12-24-42-43(37)38-20-9-10-23-41(38)47-42/h1-28H. The predicted octanol–water partition coefficient (Wildman–Crippen LogP) is 11.9. The van der Waals surface area contributed by atoms with E-state index in [1.807, 2.05) is 36.4 Å². The molecule has 0 aliphatic carbocycles. The lowest BCUT2D eigenvalue weighted by Crippen LogP contribution is -1.96. The second-order valence-electron chi connectivity index (χ2n) is 11.8. The highest BCUT2D eigenvalue weighted by Gasteiger charge is 2.17. The smallest absolute Gasteiger partial charge is 0.160 e. The normalized spacial score (nSPS) is 11.4. The number of nitrogens with zero attached hydrogens (tertiary/aromatic N) is 2. The van der Waals surface area contributed by atoms with E-state index in [-0.39, 0.29) is 0 Å². The van der Waals surface area contributed by atoms with Crippen molar-refractivity contribution < 1.29 is 4.42 Å². The molecule has 2 heterocycles. The number of benzene rings is 7. The highest BCUT2D eigenvalue weighted by Crippen LogP contribution is 2.41. The van der Waals surface area contributed by atoms with Crippen molar-refractivity contribution in [1.29, 1.82) is 0 Å². The van der Waals surface area contributed by atoms with Gasteiger partial charge in [-0.15, -0.1) is 0 Å². The molecule has 0 atom stereocenters. The molecule has 47 heavy (non-hydrogen) atoms. The van der Waals surface area contributed by atoms with Crippen molar-refractivity contribution in [1.82, 2.24) is 9.97 Å². The fourth-order valence-corrected chi connectivity index (χ4v) is 6.65. The summed E-state index contributed by atoms with van der Waals surface area (Å²) in [5, 5.41) is 4.64. The Morgan fingerprint density at radius 3 is 1.72 bits per heavy atom. The molecule has 9 rings (SSSR count). The van der Waals surface area contributed by atoms with Crippen LogP contribution in [0.15, 0.2) is 174 Å². The molecule has 0 saturated heterocycles. The van der Waals surface area contributed by atoms with E-state index < -0.39 is 0 Å². The lowest BCUT2D eigenvalue weighted by Gasteiger charge is -2.15. The molecule has 0 aliphatic heterocycles. The first-order valence-electron chi connectivity index (χ1n) is 15.8. The summed E-state index contributed by atoms with van der Waals surface area (Å²) in [5.74, 6) is 0.696. The van der Waals surface area contributed by atoms with Crippen LogP contribution in [0, 0.1) is 0 Å². The highest BCUT2D eigenvalue weighted by molar-refractivity contribution is 6.13. The summed E-state index contributed by atoms with van der Waals surface area (Å²) in [7, 11) is 0. The molecule has 0 fully saturated rings. The summed E-state index contributed by atoms with van der Waals surface area (Å²) in [4.78, 5) is 10.3. The van der Waals surface area contributed by atoms with Crippen molar-refractivity contribution in [3.8, 4) is 56.2 Å². The Bertz CT molecular complexity index is 2500. The zero-order chi connectivity index (χ0) is 31.2. The average molecular weight is 601 g/mol. The van der Waals surface area contributed by atoms with E-state index in [0.717, 1.165) is 66.7 Å². The largest absolute Gasteiger partial charge is 0.456 e. The third kappa shape index (κ3) is 4.86. The number of para-hydroxylation sites is 1. The Hall–Kier alpha value is -6.32. The van der Waals surface area contributed by atoms with Crippen LogP contribution in [0.25, 0.3) is 88.9 Å². The van der Waals surface area contributed by atoms with E-state index in [4.69, 9.17) is 14.4 Å². The van der Waals surface area contributed by atoms with Gasteiger partial charge in [-0.3, -0.25) is 0 Å². The molecule has 0 radical (unpaired) electrons. The summed E-state index contributed by atoms with van der Waals surface area (Å²) in [5.41, 5.74) is 11.1. The molecule has 0 saturated carbocycles. The van der Waals surface area contributed by atoms with Gasteiger partial charge >= 0.3 is 0 Å². The van der Waals surface area contributed by atoms with Crippen LogP contribution in [0.3, 0.4) is 0 Å². The van der Waals surface area contributed by atoms with E-state index in [1.54, 1.807) is 0 Å². The third-order valence-electron chi connectivity index (χ3n) is 8.87. The number of fused-ring (bicyclic) bond motifs is 4. The average Bonchev–Trinajstić information content (AvgIpc) is 3.54. The molecule has 0 spiro atoms. The van der Waals surface area contributed by atoms with Crippen LogP contribution >= 0.6 is 0 Å². The maximum atomic E-state index is 6.31. The molecule has 3 nitrogen and oxygen atoms in total. The van der Waals surface area contributed by atoms with Crippen molar-refractivity contribution in [3.63, 3.8) is 0 Å². The van der Waals surface area contributed by atoms with Gasteiger partial charge in [0.05, 0.1) is 11.4 Å². The minimum Gasteiger partial charge on any atom is -0.456 e. The molecule has 220 valence electrons. The van der Waals surface area contributed by atoms with Gasteiger partial charge in [-0.2, -0.15) is 0 Å². The monoisotopic (exact) mass is 600 g/mol. The van der Waals surface area contributed by atoms with Gasteiger partial charge in [0.15, 0.2) is 5.82 Å². The second kappa shape index (κ2) is 11.2. The molecular weight excluding hydrogens is 572 g/mol. The zero-order valence-electron chi connectivity index (χ0n) is 25.5. The van der Waals surface area contributed by atoms with Gasteiger partial charge < -0.3 is 4.42 Å². The summed E-state index contributed by atoms with van der Waals surface area (Å²) in [6.45, 7) is 0. The molecule has 0 bridgehead atoms. The first kappa shape index (κ1) is 27.0. The van der Waals surface area contributed by atoms with E-state index in [0.29, 0.717) is 5.82 Å². The Morgan fingerprint density at radius 2 is 0.915 bits per heavy atom. The Morgan fingerprint density at radius 1 is 0.362 bits per heavy atom. The van der Waals surface area contributed by atoms with Crippen LogP contribution in [0.5, 0.6) is 0 Å². The number of hydrogen-bond donors (Lipinski definition) is 0. The van der Waals surface area contributed by atoms with E-state index in [2.05, 4.69) is 133 Å². The first-order chi connectivity index (χ1) is 23.3. The van der Waals surface area contributed by atoms with Crippen LogP contribution < -0.4 is 0 Å². The Labute approximate surface area is 272 Å². The van der Waals surface area contributed by atoms with Crippen LogP contribution in [0.2, 0.25) is 0 Å². The van der Waals surface area contributed by atoms with Gasteiger partial charge in [-0.05, 0) is 69.4 Å². The van der Waals surface area contributed by atoms with E-state index in [1.165, 1.54) is 16.3 Å². The number of rotatable bonds is 5. The van der Waals surface area contributed by atoms with Gasteiger partial charge in [-0.1, -0.05) is 133 Å². The summed E-state index contributed by atoms with van der Waals surface area (Å²) in [6, 6.07) is 59.2.